The molecule has 0 radical (unpaired) electrons. The fraction of sp³-hybridized carbons (Fsp3) is 0.0800. The Kier molecular flexibility index (Phi) is 5.62. The van der Waals surface area contributed by atoms with E-state index in [9.17, 15) is 14.4 Å². The quantitative estimate of drug-likeness (QED) is 0.366. The zero-order valence-corrected chi connectivity index (χ0v) is 16.8. The number of carbonyl (C=O) groups excluding carboxylic acids is 3. The molecule has 2 N–H and O–H groups in total. The van der Waals surface area contributed by atoms with E-state index in [0.29, 0.717) is 16.9 Å². The molecule has 0 aliphatic carbocycles. The standard InChI is InChI=1S/C25H20N2O4/c1-16(28)26-19-10-12-20(13-11-19)27-23(29)15-31-25(30)24-21-8-4-2-6-17(21)14-18-7-3-5-9-22(18)24/h2-14H,15H2,1H3,(H,26,28)(H,27,29). The van der Waals surface area contributed by atoms with Crippen molar-refractivity contribution in [2.75, 3.05) is 17.2 Å². The molecular formula is C25H20N2O4. The summed E-state index contributed by atoms with van der Waals surface area (Å²) in [6.07, 6.45) is 0. The number of rotatable bonds is 5. The zero-order chi connectivity index (χ0) is 21.8. The molecule has 0 atom stereocenters. The molecule has 0 spiro atoms. The molecule has 0 aliphatic heterocycles. The minimum atomic E-state index is -0.552. The lowest BCUT2D eigenvalue weighted by atomic mass is 9.97. The number of amides is 2. The van der Waals surface area contributed by atoms with Crippen LogP contribution in [0.15, 0.2) is 78.9 Å². The van der Waals surface area contributed by atoms with Gasteiger partial charge < -0.3 is 15.4 Å². The molecule has 6 heteroatoms. The third kappa shape index (κ3) is 4.53. The molecule has 0 aliphatic rings. The maximum atomic E-state index is 12.9. The van der Waals surface area contributed by atoms with Crippen molar-refractivity contribution >= 4 is 50.7 Å². The molecule has 0 bridgehead atoms. The van der Waals surface area contributed by atoms with Gasteiger partial charge in [-0.15, -0.1) is 0 Å². The van der Waals surface area contributed by atoms with E-state index in [0.717, 1.165) is 21.5 Å². The van der Waals surface area contributed by atoms with Gasteiger partial charge in [-0.2, -0.15) is 0 Å². The van der Waals surface area contributed by atoms with Crippen LogP contribution in [0.2, 0.25) is 0 Å². The summed E-state index contributed by atoms with van der Waals surface area (Å²) in [6, 6.07) is 23.9. The first-order valence-electron chi connectivity index (χ1n) is 9.76. The number of nitrogens with one attached hydrogen (secondary N) is 2. The maximum Gasteiger partial charge on any atom is 0.339 e. The first-order chi connectivity index (χ1) is 15.0. The van der Waals surface area contributed by atoms with Crippen LogP contribution in [0.3, 0.4) is 0 Å². The number of hydrogen-bond donors (Lipinski definition) is 2. The van der Waals surface area contributed by atoms with E-state index < -0.39 is 18.5 Å². The minimum absolute atomic E-state index is 0.176. The van der Waals surface area contributed by atoms with Gasteiger partial charge in [-0.05, 0) is 51.9 Å². The van der Waals surface area contributed by atoms with Gasteiger partial charge in [-0.1, -0.05) is 48.5 Å². The first-order valence-corrected chi connectivity index (χ1v) is 9.76. The van der Waals surface area contributed by atoms with Crippen LogP contribution in [0.5, 0.6) is 0 Å². The normalized spacial score (nSPS) is 10.6. The van der Waals surface area contributed by atoms with E-state index in [2.05, 4.69) is 10.6 Å². The van der Waals surface area contributed by atoms with Gasteiger partial charge in [0.15, 0.2) is 6.61 Å². The highest BCUT2D eigenvalue weighted by Gasteiger charge is 2.17. The van der Waals surface area contributed by atoms with Crippen molar-refractivity contribution in [3.63, 3.8) is 0 Å². The lowest BCUT2D eigenvalue weighted by molar-refractivity contribution is -0.119. The number of ether oxygens (including phenoxy) is 1. The summed E-state index contributed by atoms with van der Waals surface area (Å²) in [4.78, 5) is 36.3. The topological polar surface area (TPSA) is 84.5 Å². The Morgan fingerprint density at radius 1 is 0.742 bits per heavy atom. The summed E-state index contributed by atoms with van der Waals surface area (Å²) in [5, 5.41) is 8.74. The Morgan fingerprint density at radius 2 is 1.26 bits per heavy atom. The molecule has 0 unspecified atom stereocenters. The van der Waals surface area contributed by atoms with E-state index in [1.165, 1.54) is 6.92 Å². The predicted octanol–water partition coefficient (Wildman–Crippen LogP) is 4.75. The number of fused-ring (bicyclic) bond motifs is 2. The lowest BCUT2D eigenvalue weighted by Crippen LogP contribution is -2.21. The van der Waals surface area contributed by atoms with Gasteiger partial charge >= 0.3 is 5.97 Å². The number of benzene rings is 4. The average molecular weight is 412 g/mol. The summed E-state index contributed by atoms with van der Waals surface area (Å²) in [5.74, 6) is -1.18. The number of anilines is 2. The summed E-state index contributed by atoms with van der Waals surface area (Å²) in [5.41, 5.74) is 1.60. The maximum absolute atomic E-state index is 12.9. The summed E-state index contributed by atoms with van der Waals surface area (Å²) < 4.78 is 5.35. The lowest BCUT2D eigenvalue weighted by Gasteiger charge is -2.12. The largest absolute Gasteiger partial charge is 0.452 e. The molecular weight excluding hydrogens is 392 g/mol. The molecule has 154 valence electrons. The van der Waals surface area contributed by atoms with Crippen molar-refractivity contribution in [2.24, 2.45) is 0 Å². The Balaban J connectivity index is 1.49. The van der Waals surface area contributed by atoms with Gasteiger partial charge in [0.2, 0.25) is 5.91 Å². The van der Waals surface area contributed by atoms with Crippen molar-refractivity contribution in [3.8, 4) is 0 Å². The molecule has 4 rings (SSSR count). The van der Waals surface area contributed by atoms with E-state index in [4.69, 9.17) is 4.74 Å². The second-order valence-electron chi connectivity index (χ2n) is 7.08. The molecule has 0 heterocycles. The monoisotopic (exact) mass is 412 g/mol. The van der Waals surface area contributed by atoms with Crippen molar-refractivity contribution < 1.29 is 19.1 Å². The van der Waals surface area contributed by atoms with E-state index >= 15 is 0 Å². The Bertz CT molecular complexity index is 1240. The van der Waals surface area contributed by atoms with Gasteiger partial charge in [0.25, 0.3) is 5.91 Å². The van der Waals surface area contributed by atoms with Crippen molar-refractivity contribution in [1.82, 2.24) is 0 Å². The number of hydrogen-bond acceptors (Lipinski definition) is 4. The van der Waals surface area contributed by atoms with Crippen LogP contribution in [-0.4, -0.2) is 24.4 Å². The molecule has 4 aromatic carbocycles. The highest BCUT2D eigenvalue weighted by molar-refractivity contribution is 6.16. The van der Waals surface area contributed by atoms with E-state index in [1.54, 1.807) is 24.3 Å². The van der Waals surface area contributed by atoms with Crippen molar-refractivity contribution in [1.29, 1.82) is 0 Å². The fourth-order valence-corrected chi connectivity index (χ4v) is 3.47. The van der Waals surface area contributed by atoms with Crippen molar-refractivity contribution in [2.45, 2.75) is 6.92 Å². The summed E-state index contributed by atoms with van der Waals surface area (Å²) >= 11 is 0. The second kappa shape index (κ2) is 8.67. The smallest absolute Gasteiger partial charge is 0.339 e. The van der Waals surface area contributed by atoms with Crippen LogP contribution in [0.25, 0.3) is 21.5 Å². The Morgan fingerprint density at radius 3 is 1.81 bits per heavy atom. The fourth-order valence-electron chi connectivity index (χ4n) is 3.47. The molecule has 0 saturated heterocycles. The minimum Gasteiger partial charge on any atom is -0.452 e. The van der Waals surface area contributed by atoms with Crippen LogP contribution in [0.1, 0.15) is 17.3 Å². The van der Waals surface area contributed by atoms with E-state index in [-0.39, 0.29) is 5.91 Å². The Labute approximate surface area is 178 Å². The molecule has 4 aromatic rings. The van der Waals surface area contributed by atoms with Crippen molar-refractivity contribution in [3.05, 3.63) is 84.4 Å². The highest BCUT2D eigenvalue weighted by Crippen LogP contribution is 2.29. The van der Waals surface area contributed by atoms with Crippen LogP contribution < -0.4 is 10.6 Å². The molecule has 0 fully saturated rings. The first kappa shape index (κ1) is 20.1. The average Bonchev–Trinajstić information content (AvgIpc) is 2.77. The Hall–Kier alpha value is -4.19. The molecule has 31 heavy (non-hydrogen) atoms. The highest BCUT2D eigenvalue weighted by atomic mass is 16.5. The zero-order valence-electron chi connectivity index (χ0n) is 16.8. The number of carbonyl (C=O) groups is 3. The molecule has 2 amide bonds. The van der Waals surface area contributed by atoms with Gasteiger partial charge in [0.05, 0.1) is 5.56 Å². The third-order valence-electron chi connectivity index (χ3n) is 4.80. The SMILES string of the molecule is CC(=O)Nc1ccc(NC(=O)COC(=O)c2c3ccccc3cc3ccccc23)cc1. The van der Waals surface area contributed by atoms with Crippen LogP contribution in [0, 0.1) is 0 Å². The van der Waals surface area contributed by atoms with Gasteiger partial charge in [-0.3, -0.25) is 9.59 Å². The van der Waals surface area contributed by atoms with Gasteiger partial charge in [0, 0.05) is 18.3 Å². The molecule has 0 saturated carbocycles. The second-order valence-corrected chi connectivity index (χ2v) is 7.08. The van der Waals surface area contributed by atoms with Gasteiger partial charge in [-0.25, -0.2) is 4.79 Å². The number of esters is 1. The summed E-state index contributed by atoms with van der Waals surface area (Å²) in [7, 11) is 0. The molecule has 0 aromatic heterocycles. The molecule has 6 nitrogen and oxygen atoms in total. The van der Waals surface area contributed by atoms with Crippen LogP contribution in [0.4, 0.5) is 11.4 Å². The third-order valence-corrected chi connectivity index (χ3v) is 4.80. The van der Waals surface area contributed by atoms with Crippen LogP contribution >= 0.6 is 0 Å². The van der Waals surface area contributed by atoms with Gasteiger partial charge in [0.1, 0.15) is 0 Å². The predicted molar refractivity (Wildman–Crippen MR) is 121 cm³/mol. The summed E-state index contributed by atoms with van der Waals surface area (Å²) in [6.45, 7) is 1.01. The van der Waals surface area contributed by atoms with Crippen LogP contribution in [-0.2, 0) is 14.3 Å². The van der Waals surface area contributed by atoms with E-state index in [1.807, 2.05) is 54.6 Å².